The van der Waals surface area contributed by atoms with E-state index >= 15 is 0 Å². The highest BCUT2D eigenvalue weighted by molar-refractivity contribution is 7.09. The summed E-state index contributed by atoms with van der Waals surface area (Å²) in [4.78, 5) is 19.2. The van der Waals surface area contributed by atoms with Crippen molar-refractivity contribution in [2.45, 2.75) is 46.0 Å². The number of benzene rings is 1. The summed E-state index contributed by atoms with van der Waals surface area (Å²) >= 11 is 1.48. The van der Waals surface area contributed by atoms with E-state index in [1.165, 1.54) is 17.1 Å². The standard InChI is InChI=1S/C20H29N5OS/c1-14-7-9-16(10-8-14)22-18(26)21-12-15-6-5-11-25(13-15)19-23-17(24-27-19)20(2,3)4/h7-10,15H,5-6,11-13H2,1-4H3,(H2,21,22,26). The highest BCUT2D eigenvalue weighted by atomic mass is 32.1. The van der Waals surface area contributed by atoms with Gasteiger partial charge in [-0.15, -0.1) is 0 Å². The molecule has 6 nitrogen and oxygen atoms in total. The molecule has 2 N–H and O–H groups in total. The van der Waals surface area contributed by atoms with Gasteiger partial charge in [-0.05, 0) is 37.8 Å². The van der Waals surface area contributed by atoms with Gasteiger partial charge in [0.25, 0.3) is 0 Å². The Labute approximate surface area is 165 Å². The van der Waals surface area contributed by atoms with E-state index in [9.17, 15) is 4.79 Å². The second-order valence-electron chi connectivity index (χ2n) is 8.31. The average molecular weight is 388 g/mol. The molecule has 0 radical (unpaired) electrons. The third-order valence-electron chi connectivity index (χ3n) is 4.74. The molecule has 1 aromatic carbocycles. The summed E-state index contributed by atoms with van der Waals surface area (Å²) < 4.78 is 4.52. The Hall–Kier alpha value is -2.15. The van der Waals surface area contributed by atoms with Crippen LogP contribution in [0.5, 0.6) is 0 Å². The maximum atomic E-state index is 12.1. The fourth-order valence-corrected chi connectivity index (χ4v) is 3.99. The number of nitrogens with one attached hydrogen (secondary N) is 2. The van der Waals surface area contributed by atoms with Gasteiger partial charge < -0.3 is 15.5 Å². The highest BCUT2D eigenvalue weighted by Gasteiger charge is 2.25. The Balaban J connectivity index is 1.50. The zero-order valence-corrected chi connectivity index (χ0v) is 17.4. The summed E-state index contributed by atoms with van der Waals surface area (Å²) in [5.74, 6) is 1.32. The number of urea groups is 1. The minimum absolute atomic E-state index is 0.0282. The van der Waals surface area contributed by atoms with Gasteiger partial charge in [0.15, 0.2) is 0 Å². The van der Waals surface area contributed by atoms with Gasteiger partial charge >= 0.3 is 6.03 Å². The van der Waals surface area contributed by atoms with Gasteiger partial charge in [0.1, 0.15) is 5.82 Å². The molecule has 2 heterocycles. The number of hydrogen-bond donors (Lipinski definition) is 2. The van der Waals surface area contributed by atoms with Crippen LogP contribution in [0.2, 0.25) is 0 Å². The van der Waals surface area contributed by atoms with Crippen molar-refractivity contribution in [2.24, 2.45) is 5.92 Å². The quantitative estimate of drug-likeness (QED) is 0.826. The first-order valence-electron chi connectivity index (χ1n) is 9.52. The maximum absolute atomic E-state index is 12.1. The van der Waals surface area contributed by atoms with Crippen LogP contribution in [-0.2, 0) is 5.41 Å². The van der Waals surface area contributed by atoms with Gasteiger partial charge in [-0.3, -0.25) is 0 Å². The summed E-state index contributed by atoms with van der Waals surface area (Å²) in [7, 11) is 0. The van der Waals surface area contributed by atoms with Crippen molar-refractivity contribution in [3.63, 3.8) is 0 Å². The first-order chi connectivity index (χ1) is 12.8. The number of rotatable bonds is 4. The molecule has 7 heteroatoms. The second-order valence-corrected chi connectivity index (χ2v) is 9.04. The van der Waals surface area contributed by atoms with Crippen molar-refractivity contribution in [3.05, 3.63) is 35.7 Å². The molecule has 3 rings (SSSR count). The number of carbonyl (C=O) groups excluding carboxylic acids is 1. The Morgan fingerprint density at radius 2 is 2.04 bits per heavy atom. The van der Waals surface area contributed by atoms with E-state index in [0.717, 1.165) is 42.6 Å². The molecular formula is C20H29N5OS. The van der Waals surface area contributed by atoms with E-state index in [-0.39, 0.29) is 11.4 Å². The lowest BCUT2D eigenvalue weighted by Crippen LogP contribution is -2.42. The largest absolute Gasteiger partial charge is 0.347 e. The minimum Gasteiger partial charge on any atom is -0.347 e. The van der Waals surface area contributed by atoms with Crippen LogP contribution < -0.4 is 15.5 Å². The zero-order valence-electron chi connectivity index (χ0n) is 16.6. The normalized spacial score (nSPS) is 17.6. The lowest BCUT2D eigenvalue weighted by Gasteiger charge is -2.32. The fourth-order valence-electron chi connectivity index (χ4n) is 3.10. The average Bonchev–Trinajstić information content (AvgIpc) is 3.13. The molecule has 0 saturated carbocycles. The monoisotopic (exact) mass is 387 g/mol. The van der Waals surface area contributed by atoms with Crippen LogP contribution in [0, 0.1) is 12.8 Å². The molecule has 2 aromatic rings. The molecule has 1 saturated heterocycles. The topological polar surface area (TPSA) is 70.2 Å². The van der Waals surface area contributed by atoms with E-state index < -0.39 is 0 Å². The third kappa shape index (κ3) is 5.42. The smallest absolute Gasteiger partial charge is 0.319 e. The molecular weight excluding hydrogens is 358 g/mol. The second kappa shape index (κ2) is 8.25. The van der Waals surface area contributed by atoms with Crippen LogP contribution in [0.4, 0.5) is 15.6 Å². The van der Waals surface area contributed by atoms with Gasteiger partial charge in [0.2, 0.25) is 5.13 Å². The Bertz CT molecular complexity index is 765. The van der Waals surface area contributed by atoms with E-state index in [1.54, 1.807) is 0 Å². The molecule has 0 spiro atoms. The van der Waals surface area contributed by atoms with Crippen molar-refractivity contribution in [3.8, 4) is 0 Å². The number of aryl methyl sites for hydroxylation is 1. The van der Waals surface area contributed by atoms with Gasteiger partial charge in [0.05, 0.1) is 0 Å². The summed E-state index contributed by atoms with van der Waals surface area (Å²) in [5.41, 5.74) is 1.96. The maximum Gasteiger partial charge on any atom is 0.319 e. The number of hydrogen-bond acceptors (Lipinski definition) is 5. The van der Waals surface area contributed by atoms with Crippen LogP contribution >= 0.6 is 11.5 Å². The van der Waals surface area contributed by atoms with Gasteiger partial charge in [-0.25, -0.2) is 9.78 Å². The first-order valence-corrected chi connectivity index (χ1v) is 10.3. The van der Waals surface area contributed by atoms with Crippen molar-refractivity contribution in [1.29, 1.82) is 0 Å². The van der Waals surface area contributed by atoms with Crippen LogP contribution in [-0.4, -0.2) is 35.0 Å². The number of nitrogens with zero attached hydrogens (tertiary/aromatic N) is 3. The molecule has 1 aliphatic rings. The SMILES string of the molecule is Cc1ccc(NC(=O)NCC2CCCN(c3nc(C(C)(C)C)ns3)C2)cc1. The molecule has 0 aliphatic carbocycles. The van der Waals surface area contributed by atoms with Crippen LogP contribution in [0.25, 0.3) is 0 Å². The minimum atomic E-state index is -0.151. The number of anilines is 2. The zero-order chi connectivity index (χ0) is 19.4. The van der Waals surface area contributed by atoms with Crippen LogP contribution in [0.3, 0.4) is 0 Å². The summed E-state index contributed by atoms with van der Waals surface area (Å²) in [5, 5.41) is 6.89. The lowest BCUT2D eigenvalue weighted by atomic mass is 9.96. The predicted octanol–water partition coefficient (Wildman–Crippen LogP) is 4.18. The Kier molecular flexibility index (Phi) is 5.99. The van der Waals surface area contributed by atoms with E-state index in [0.29, 0.717) is 12.5 Å². The molecule has 2 amide bonds. The number of amides is 2. The summed E-state index contributed by atoms with van der Waals surface area (Å²) in [6, 6.07) is 7.66. The molecule has 1 fully saturated rings. The Morgan fingerprint density at radius 3 is 2.70 bits per heavy atom. The molecule has 1 atom stereocenters. The summed E-state index contributed by atoms with van der Waals surface area (Å²) in [6.07, 6.45) is 2.22. The molecule has 1 aromatic heterocycles. The van der Waals surface area contributed by atoms with Crippen LogP contribution in [0.1, 0.15) is 45.0 Å². The van der Waals surface area contributed by atoms with E-state index in [4.69, 9.17) is 4.98 Å². The molecule has 27 heavy (non-hydrogen) atoms. The number of aromatic nitrogens is 2. The highest BCUT2D eigenvalue weighted by Crippen LogP contribution is 2.28. The van der Waals surface area contributed by atoms with Gasteiger partial charge in [-0.2, -0.15) is 4.37 Å². The van der Waals surface area contributed by atoms with Crippen molar-refractivity contribution in [2.75, 3.05) is 29.9 Å². The van der Waals surface area contributed by atoms with E-state index in [2.05, 4.69) is 40.7 Å². The van der Waals surface area contributed by atoms with Gasteiger partial charge in [0, 0.05) is 42.3 Å². The summed E-state index contributed by atoms with van der Waals surface area (Å²) in [6.45, 7) is 11.0. The van der Waals surface area contributed by atoms with Crippen molar-refractivity contribution < 1.29 is 4.79 Å². The number of carbonyl (C=O) groups is 1. The van der Waals surface area contributed by atoms with Crippen LogP contribution in [0.15, 0.2) is 24.3 Å². The van der Waals surface area contributed by atoms with E-state index in [1.807, 2.05) is 31.2 Å². The molecule has 0 bridgehead atoms. The molecule has 1 unspecified atom stereocenters. The van der Waals surface area contributed by atoms with Crippen molar-refractivity contribution in [1.82, 2.24) is 14.7 Å². The third-order valence-corrected chi connectivity index (χ3v) is 5.51. The lowest BCUT2D eigenvalue weighted by molar-refractivity contribution is 0.249. The molecule has 146 valence electrons. The fraction of sp³-hybridized carbons (Fsp3) is 0.550. The molecule has 1 aliphatic heterocycles. The Morgan fingerprint density at radius 1 is 1.30 bits per heavy atom. The number of piperidine rings is 1. The first kappa shape index (κ1) is 19.6. The van der Waals surface area contributed by atoms with Gasteiger partial charge in [-0.1, -0.05) is 38.5 Å². The predicted molar refractivity (Wildman–Crippen MR) is 112 cm³/mol. The van der Waals surface area contributed by atoms with Crippen molar-refractivity contribution >= 4 is 28.4 Å².